The van der Waals surface area contributed by atoms with Gasteiger partial charge in [-0.1, -0.05) is 42.5 Å². The van der Waals surface area contributed by atoms with Gasteiger partial charge < -0.3 is 14.5 Å². The molecule has 1 aromatic heterocycles. The van der Waals surface area contributed by atoms with Crippen LogP contribution in [0, 0.1) is 0 Å². The van der Waals surface area contributed by atoms with Gasteiger partial charge in [-0.25, -0.2) is 0 Å². The fourth-order valence-electron chi connectivity index (χ4n) is 3.35. The Morgan fingerprint density at radius 3 is 2.36 bits per heavy atom. The molecule has 28 heavy (non-hydrogen) atoms. The number of ether oxygens (including phenoxy) is 1. The third-order valence-electron chi connectivity index (χ3n) is 4.87. The van der Waals surface area contributed by atoms with Crippen molar-refractivity contribution in [2.45, 2.75) is 19.4 Å². The molecule has 0 spiro atoms. The average Bonchev–Trinajstić information content (AvgIpc) is 3.03. The standard InChI is InChI=1S/C23H32N4O/c1-25(2)15-9-16-26(3)17-10-18-28-23-21-13-7-8-14-22(21)27(24-23)19-20-11-5-4-6-12-20/h4-8,11-14H,9-10,15-19H2,1-3H3. The first-order chi connectivity index (χ1) is 13.6. The molecule has 0 aliphatic heterocycles. The van der Waals surface area contributed by atoms with Crippen LogP contribution in [0.2, 0.25) is 0 Å². The van der Waals surface area contributed by atoms with Crippen molar-refractivity contribution in [1.29, 1.82) is 0 Å². The lowest BCUT2D eigenvalue weighted by atomic mass is 10.2. The third-order valence-corrected chi connectivity index (χ3v) is 4.87. The van der Waals surface area contributed by atoms with Crippen molar-refractivity contribution in [2.75, 3.05) is 47.4 Å². The Morgan fingerprint density at radius 2 is 1.57 bits per heavy atom. The molecule has 5 heteroatoms. The summed E-state index contributed by atoms with van der Waals surface area (Å²) < 4.78 is 8.10. The van der Waals surface area contributed by atoms with Crippen LogP contribution in [0.3, 0.4) is 0 Å². The molecule has 1 heterocycles. The average molecular weight is 381 g/mol. The Kier molecular flexibility index (Phi) is 7.46. The SMILES string of the molecule is CN(C)CCCN(C)CCCOc1nn(Cc2ccccc2)c2ccccc12. The molecule has 150 valence electrons. The zero-order valence-corrected chi connectivity index (χ0v) is 17.3. The van der Waals surface area contributed by atoms with Crippen molar-refractivity contribution >= 4 is 10.9 Å². The lowest BCUT2D eigenvalue weighted by molar-refractivity contribution is 0.249. The van der Waals surface area contributed by atoms with Crippen LogP contribution in [0.4, 0.5) is 0 Å². The zero-order chi connectivity index (χ0) is 19.8. The van der Waals surface area contributed by atoms with Gasteiger partial charge in [0.2, 0.25) is 5.88 Å². The van der Waals surface area contributed by atoms with Crippen LogP contribution in [0.5, 0.6) is 5.88 Å². The summed E-state index contributed by atoms with van der Waals surface area (Å²) >= 11 is 0. The van der Waals surface area contributed by atoms with Gasteiger partial charge in [0.05, 0.1) is 24.1 Å². The van der Waals surface area contributed by atoms with Gasteiger partial charge in [-0.15, -0.1) is 5.10 Å². The molecule has 0 bridgehead atoms. The molecule has 5 nitrogen and oxygen atoms in total. The van der Waals surface area contributed by atoms with Crippen molar-refractivity contribution in [2.24, 2.45) is 0 Å². The molecule has 2 aromatic carbocycles. The van der Waals surface area contributed by atoms with Gasteiger partial charge in [-0.05, 0) is 64.8 Å². The Bertz CT molecular complexity index is 844. The highest BCUT2D eigenvalue weighted by Crippen LogP contribution is 2.25. The highest BCUT2D eigenvalue weighted by molar-refractivity contribution is 5.84. The summed E-state index contributed by atoms with van der Waals surface area (Å²) in [6, 6.07) is 18.7. The van der Waals surface area contributed by atoms with E-state index in [-0.39, 0.29) is 0 Å². The summed E-state index contributed by atoms with van der Waals surface area (Å²) in [5.41, 5.74) is 2.35. The fraction of sp³-hybridized carbons (Fsp3) is 0.435. The molecule has 0 aliphatic rings. The van der Waals surface area contributed by atoms with E-state index in [9.17, 15) is 0 Å². The smallest absolute Gasteiger partial charge is 0.240 e. The molecule has 0 aliphatic carbocycles. The maximum atomic E-state index is 6.06. The molecule has 0 N–H and O–H groups in total. The summed E-state index contributed by atoms with van der Waals surface area (Å²) in [4.78, 5) is 4.60. The van der Waals surface area contributed by atoms with E-state index in [1.54, 1.807) is 0 Å². The van der Waals surface area contributed by atoms with Crippen LogP contribution in [-0.4, -0.2) is 67.0 Å². The van der Waals surface area contributed by atoms with Crippen molar-refractivity contribution in [3.63, 3.8) is 0 Å². The number of fused-ring (bicyclic) bond motifs is 1. The first-order valence-electron chi connectivity index (χ1n) is 10.1. The minimum Gasteiger partial charge on any atom is -0.476 e. The van der Waals surface area contributed by atoms with E-state index in [4.69, 9.17) is 9.84 Å². The maximum absolute atomic E-state index is 6.06. The van der Waals surface area contributed by atoms with E-state index in [2.05, 4.69) is 73.4 Å². The van der Waals surface area contributed by atoms with E-state index in [1.165, 1.54) is 12.0 Å². The molecule has 3 aromatic rings. The van der Waals surface area contributed by atoms with E-state index < -0.39 is 0 Å². The molecule has 0 atom stereocenters. The van der Waals surface area contributed by atoms with E-state index in [1.807, 2.05) is 16.8 Å². The second-order valence-electron chi connectivity index (χ2n) is 7.63. The lowest BCUT2D eigenvalue weighted by Gasteiger charge is -2.17. The Balaban J connectivity index is 1.55. The normalized spacial score (nSPS) is 11.6. The zero-order valence-electron chi connectivity index (χ0n) is 17.3. The number of nitrogens with zero attached hydrogens (tertiary/aromatic N) is 4. The van der Waals surface area contributed by atoms with E-state index in [0.717, 1.165) is 49.4 Å². The number of hydrogen-bond acceptors (Lipinski definition) is 4. The Labute approximate surface area is 168 Å². The van der Waals surface area contributed by atoms with Crippen molar-refractivity contribution in [3.05, 3.63) is 60.2 Å². The van der Waals surface area contributed by atoms with Gasteiger partial charge >= 0.3 is 0 Å². The van der Waals surface area contributed by atoms with Gasteiger partial charge in [-0.2, -0.15) is 0 Å². The largest absolute Gasteiger partial charge is 0.476 e. The van der Waals surface area contributed by atoms with Crippen LogP contribution < -0.4 is 4.74 Å². The van der Waals surface area contributed by atoms with Crippen molar-refractivity contribution in [3.8, 4) is 5.88 Å². The van der Waals surface area contributed by atoms with E-state index >= 15 is 0 Å². The Morgan fingerprint density at radius 1 is 0.857 bits per heavy atom. The van der Waals surface area contributed by atoms with Crippen LogP contribution in [0.15, 0.2) is 54.6 Å². The maximum Gasteiger partial charge on any atom is 0.240 e. The number of benzene rings is 2. The van der Waals surface area contributed by atoms with Gasteiger partial charge in [0.1, 0.15) is 0 Å². The number of para-hydroxylation sites is 1. The first kappa shape index (κ1) is 20.4. The molecule has 0 fully saturated rings. The molecule has 0 amide bonds. The summed E-state index contributed by atoms with van der Waals surface area (Å²) in [5.74, 6) is 0.738. The topological polar surface area (TPSA) is 33.5 Å². The van der Waals surface area contributed by atoms with Crippen molar-refractivity contribution in [1.82, 2.24) is 19.6 Å². The van der Waals surface area contributed by atoms with Gasteiger partial charge in [0.15, 0.2) is 0 Å². The minimum absolute atomic E-state index is 0.685. The fourth-order valence-corrected chi connectivity index (χ4v) is 3.35. The summed E-state index contributed by atoms with van der Waals surface area (Å²) in [6.07, 6.45) is 2.19. The molecule has 0 saturated heterocycles. The van der Waals surface area contributed by atoms with Crippen molar-refractivity contribution < 1.29 is 4.74 Å². The molecular weight excluding hydrogens is 348 g/mol. The molecule has 3 rings (SSSR count). The highest BCUT2D eigenvalue weighted by Gasteiger charge is 2.11. The highest BCUT2D eigenvalue weighted by atomic mass is 16.5. The lowest BCUT2D eigenvalue weighted by Crippen LogP contribution is -2.25. The van der Waals surface area contributed by atoms with E-state index in [0.29, 0.717) is 6.61 Å². The second kappa shape index (κ2) is 10.2. The molecule has 0 unspecified atom stereocenters. The molecule has 0 saturated carbocycles. The monoisotopic (exact) mass is 380 g/mol. The van der Waals surface area contributed by atoms with Crippen LogP contribution in [0.1, 0.15) is 18.4 Å². The second-order valence-corrected chi connectivity index (χ2v) is 7.63. The van der Waals surface area contributed by atoms with Gasteiger partial charge in [0, 0.05) is 6.54 Å². The summed E-state index contributed by atoms with van der Waals surface area (Å²) in [5, 5.41) is 5.83. The number of aromatic nitrogens is 2. The van der Waals surface area contributed by atoms with Crippen LogP contribution >= 0.6 is 0 Å². The minimum atomic E-state index is 0.685. The predicted octanol–water partition coefficient (Wildman–Crippen LogP) is 3.74. The van der Waals surface area contributed by atoms with Crippen LogP contribution in [0.25, 0.3) is 10.9 Å². The molecule has 0 radical (unpaired) electrons. The van der Waals surface area contributed by atoms with Crippen LogP contribution in [-0.2, 0) is 6.54 Å². The quantitative estimate of drug-likeness (QED) is 0.475. The molecular formula is C23H32N4O. The van der Waals surface area contributed by atoms with Gasteiger partial charge in [0.25, 0.3) is 0 Å². The Hall–Kier alpha value is -2.37. The summed E-state index contributed by atoms with van der Waals surface area (Å²) in [7, 11) is 6.42. The third kappa shape index (κ3) is 5.81. The predicted molar refractivity (Wildman–Crippen MR) is 116 cm³/mol. The first-order valence-corrected chi connectivity index (χ1v) is 10.1. The summed E-state index contributed by atoms with van der Waals surface area (Å²) in [6.45, 7) is 4.72. The number of rotatable bonds is 11. The number of hydrogen-bond donors (Lipinski definition) is 0. The van der Waals surface area contributed by atoms with Gasteiger partial charge in [-0.3, -0.25) is 4.68 Å².